The van der Waals surface area contributed by atoms with Crippen molar-refractivity contribution in [2.75, 3.05) is 23.3 Å². The second kappa shape index (κ2) is 9.59. The number of hydrogen-bond donors (Lipinski definition) is 2. The van der Waals surface area contributed by atoms with Crippen LogP contribution in [0.1, 0.15) is 40.9 Å². The predicted octanol–water partition coefficient (Wildman–Crippen LogP) is 7.39. The van der Waals surface area contributed by atoms with Gasteiger partial charge in [0, 0.05) is 35.5 Å². The molecular weight excluding hydrogens is 472 g/mol. The number of para-hydroxylation sites is 3. The molecular formula is C30H27ClN2O3. The van der Waals surface area contributed by atoms with E-state index in [1.165, 1.54) is 0 Å². The Hall–Kier alpha value is -3.96. The number of benzene rings is 4. The SMILES string of the molecule is CCN(CC)c1cccc(C(=O)O)c1C1(Nc2ccccc2Cl)c2ccccc2Oc2ccccc21. The first-order valence-corrected chi connectivity index (χ1v) is 12.4. The van der Waals surface area contributed by atoms with E-state index in [2.05, 4.69) is 24.1 Å². The number of halogens is 1. The molecule has 182 valence electrons. The molecule has 0 aromatic heterocycles. The van der Waals surface area contributed by atoms with Gasteiger partial charge in [0.25, 0.3) is 0 Å². The Bertz CT molecular complexity index is 1390. The van der Waals surface area contributed by atoms with E-state index in [9.17, 15) is 9.90 Å². The van der Waals surface area contributed by atoms with Gasteiger partial charge in [0.05, 0.1) is 16.3 Å². The molecule has 4 aromatic rings. The normalized spacial score (nSPS) is 13.2. The Labute approximate surface area is 215 Å². The molecule has 0 unspecified atom stereocenters. The van der Waals surface area contributed by atoms with E-state index in [0.717, 1.165) is 16.8 Å². The number of carboxylic acid groups (broad SMARTS) is 1. The Morgan fingerprint density at radius 1 is 0.861 bits per heavy atom. The summed E-state index contributed by atoms with van der Waals surface area (Å²) in [5.74, 6) is 0.309. The van der Waals surface area contributed by atoms with Crippen LogP contribution in [0.25, 0.3) is 0 Å². The highest BCUT2D eigenvalue weighted by Crippen LogP contribution is 2.55. The van der Waals surface area contributed by atoms with Crippen molar-refractivity contribution in [2.24, 2.45) is 0 Å². The fourth-order valence-corrected chi connectivity index (χ4v) is 5.35. The van der Waals surface area contributed by atoms with Gasteiger partial charge in [-0.2, -0.15) is 0 Å². The molecule has 5 rings (SSSR count). The molecule has 0 saturated heterocycles. The predicted molar refractivity (Wildman–Crippen MR) is 145 cm³/mol. The number of nitrogens with one attached hydrogen (secondary N) is 1. The first kappa shape index (κ1) is 23.8. The molecule has 4 aromatic carbocycles. The summed E-state index contributed by atoms with van der Waals surface area (Å²) in [7, 11) is 0. The zero-order valence-corrected chi connectivity index (χ0v) is 20.9. The van der Waals surface area contributed by atoms with Crippen molar-refractivity contribution in [1.82, 2.24) is 0 Å². The number of anilines is 2. The van der Waals surface area contributed by atoms with Crippen molar-refractivity contribution < 1.29 is 14.6 Å². The lowest BCUT2D eigenvalue weighted by molar-refractivity contribution is 0.0694. The van der Waals surface area contributed by atoms with Gasteiger partial charge in [-0.05, 0) is 50.2 Å². The number of hydrogen-bond acceptors (Lipinski definition) is 4. The summed E-state index contributed by atoms with van der Waals surface area (Å²) < 4.78 is 6.34. The minimum absolute atomic E-state index is 0.213. The minimum atomic E-state index is -1.11. The van der Waals surface area contributed by atoms with Crippen LogP contribution in [0, 0.1) is 0 Å². The number of ether oxygens (including phenoxy) is 1. The van der Waals surface area contributed by atoms with E-state index in [-0.39, 0.29) is 5.56 Å². The minimum Gasteiger partial charge on any atom is -0.478 e. The molecule has 0 amide bonds. The molecule has 1 aliphatic heterocycles. The first-order valence-electron chi connectivity index (χ1n) is 12.0. The molecule has 0 fully saturated rings. The summed E-state index contributed by atoms with van der Waals surface area (Å²) in [5.41, 5.74) is 2.90. The monoisotopic (exact) mass is 498 g/mol. The molecule has 5 nitrogen and oxygen atoms in total. The zero-order valence-electron chi connectivity index (χ0n) is 20.2. The van der Waals surface area contributed by atoms with Crippen LogP contribution in [0.3, 0.4) is 0 Å². The van der Waals surface area contributed by atoms with Gasteiger partial charge in [0.2, 0.25) is 0 Å². The third-order valence-corrected chi connectivity index (χ3v) is 7.08. The lowest BCUT2D eigenvalue weighted by Crippen LogP contribution is -2.43. The second-order valence-electron chi connectivity index (χ2n) is 8.63. The smallest absolute Gasteiger partial charge is 0.336 e. The maximum absolute atomic E-state index is 12.8. The van der Waals surface area contributed by atoms with Gasteiger partial charge in [-0.25, -0.2) is 4.79 Å². The molecule has 6 heteroatoms. The number of carboxylic acids is 1. The van der Waals surface area contributed by atoms with Crippen molar-refractivity contribution in [3.8, 4) is 11.5 Å². The first-order chi connectivity index (χ1) is 17.5. The molecule has 0 saturated carbocycles. The van der Waals surface area contributed by atoms with Crippen LogP contribution in [0.4, 0.5) is 11.4 Å². The number of rotatable bonds is 7. The third kappa shape index (κ3) is 3.76. The number of nitrogens with zero attached hydrogens (tertiary/aromatic N) is 1. The van der Waals surface area contributed by atoms with Gasteiger partial charge in [-0.15, -0.1) is 0 Å². The van der Waals surface area contributed by atoms with Crippen molar-refractivity contribution >= 4 is 28.9 Å². The standard InChI is InChI=1S/C30H27ClN2O3/c1-3-33(4-2)25-17-11-12-20(29(34)35)28(25)30(32-24-16-8-7-15-23(24)31)21-13-5-9-18-26(21)36-27-19-10-6-14-22(27)30/h5-19,32H,3-4H2,1-2H3,(H,34,35). The van der Waals surface area contributed by atoms with Gasteiger partial charge in [-0.1, -0.05) is 66.2 Å². The largest absolute Gasteiger partial charge is 0.478 e. The summed E-state index contributed by atoms with van der Waals surface area (Å²) in [6, 6.07) is 28.5. The third-order valence-electron chi connectivity index (χ3n) is 6.75. The van der Waals surface area contributed by atoms with Crippen molar-refractivity contribution in [3.63, 3.8) is 0 Å². The molecule has 1 heterocycles. The fourth-order valence-electron chi connectivity index (χ4n) is 5.17. The highest BCUT2D eigenvalue weighted by atomic mass is 35.5. The second-order valence-corrected chi connectivity index (χ2v) is 9.03. The van der Waals surface area contributed by atoms with Gasteiger partial charge >= 0.3 is 5.97 Å². The molecule has 36 heavy (non-hydrogen) atoms. The summed E-state index contributed by atoms with van der Waals surface area (Å²) in [6.07, 6.45) is 0. The van der Waals surface area contributed by atoms with Crippen LogP contribution in [-0.4, -0.2) is 24.2 Å². The summed E-state index contributed by atoms with van der Waals surface area (Å²) >= 11 is 6.69. The quantitative estimate of drug-likeness (QED) is 0.278. The molecule has 0 atom stereocenters. The van der Waals surface area contributed by atoms with E-state index < -0.39 is 11.5 Å². The average molecular weight is 499 g/mol. The van der Waals surface area contributed by atoms with Crippen molar-refractivity contribution in [1.29, 1.82) is 0 Å². The van der Waals surface area contributed by atoms with Crippen LogP contribution in [0.2, 0.25) is 5.02 Å². The molecule has 0 bridgehead atoms. The molecule has 2 N–H and O–H groups in total. The van der Waals surface area contributed by atoms with E-state index in [1.54, 1.807) is 12.1 Å². The van der Waals surface area contributed by atoms with Gasteiger partial charge < -0.3 is 20.1 Å². The van der Waals surface area contributed by atoms with Gasteiger partial charge in [-0.3, -0.25) is 0 Å². The Kier molecular flexibility index (Phi) is 6.33. The Morgan fingerprint density at radius 3 is 2.03 bits per heavy atom. The van der Waals surface area contributed by atoms with E-state index >= 15 is 0 Å². The van der Waals surface area contributed by atoms with E-state index in [1.807, 2.05) is 78.9 Å². The molecule has 0 aliphatic carbocycles. The Balaban J connectivity index is 1.98. The van der Waals surface area contributed by atoms with Crippen molar-refractivity contribution in [3.05, 3.63) is 118 Å². The zero-order chi connectivity index (χ0) is 25.3. The summed E-state index contributed by atoms with van der Waals surface area (Å²) in [6.45, 7) is 5.57. The van der Waals surface area contributed by atoms with Crippen LogP contribution in [-0.2, 0) is 5.54 Å². The lowest BCUT2D eigenvalue weighted by Gasteiger charge is -2.44. The van der Waals surface area contributed by atoms with Crippen LogP contribution in [0.15, 0.2) is 91.0 Å². The summed E-state index contributed by atoms with van der Waals surface area (Å²) in [4.78, 5) is 15.0. The highest BCUT2D eigenvalue weighted by molar-refractivity contribution is 6.33. The number of aromatic carboxylic acids is 1. The van der Waals surface area contributed by atoms with E-state index in [0.29, 0.717) is 40.9 Å². The van der Waals surface area contributed by atoms with E-state index in [4.69, 9.17) is 16.3 Å². The van der Waals surface area contributed by atoms with Gasteiger partial charge in [0.15, 0.2) is 0 Å². The van der Waals surface area contributed by atoms with Crippen LogP contribution < -0.4 is 15.0 Å². The highest BCUT2D eigenvalue weighted by Gasteiger charge is 2.48. The average Bonchev–Trinajstić information content (AvgIpc) is 2.90. The maximum Gasteiger partial charge on any atom is 0.336 e. The van der Waals surface area contributed by atoms with Crippen LogP contribution >= 0.6 is 11.6 Å². The Morgan fingerprint density at radius 2 is 1.44 bits per heavy atom. The summed E-state index contributed by atoms with van der Waals surface area (Å²) in [5, 5.41) is 14.7. The number of fused-ring (bicyclic) bond motifs is 2. The molecule has 1 aliphatic rings. The van der Waals surface area contributed by atoms with Gasteiger partial charge in [0.1, 0.15) is 17.0 Å². The van der Waals surface area contributed by atoms with Crippen LogP contribution in [0.5, 0.6) is 11.5 Å². The lowest BCUT2D eigenvalue weighted by atomic mass is 9.72. The maximum atomic E-state index is 12.8. The fraction of sp³-hybridized carbons (Fsp3) is 0.167. The topological polar surface area (TPSA) is 61.8 Å². The molecule has 0 radical (unpaired) electrons. The molecule has 0 spiro atoms. The number of carbonyl (C=O) groups is 1. The van der Waals surface area contributed by atoms with Crippen molar-refractivity contribution in [2.45, 2.75) is 19.4 Å².